The Kier molecular flexibility index (Phi) is 3.59. The number of hydrogen-bond acceptors (Lipinski definition) is 3. The fourth-order valence-corrected chi connectivity index (χ4v) is 2.00. The first-order chi connectivity index (χ1) is 7.35. The topological polar surface area (TPSA) is 73.1 Å². The van der Waals surface area contributed by atoms with Crippen molar-refractivity contribution >= 4 is 5.91 Å². The molecule has 0 aromatic heterocycles. The molecule has 1 amide bonds. The molecule has 2 N–H and O–H groups in total. The van der Waals surface area contributed by atoms with E-state index in [0.717, 1.165) is 0 Å². The Morgan fingerprint density at radius 3 is 2.56 bits per heavy atom. The summed E-state index contributed by atoms with van der Waals surface area (Å²) in [6.45, 7) is 6.20. The molecule has 0 saturated heterocycles. The van der Waals surface area contributed by atoms with Gasteiger partial charge < -0.3 is 10.4 Å². The number of aliphatic hydroxyl groups is 1. The van der Waals surface area contributed by atoms with Gasteiger partial charge in [-0.3, -0.25) is 4.79 Å². The molecule has 0 aromatic rings. The van der Waals surface area contributed by atoms with E-state index in [1.54, 1.807) is 0 Å². The van der Waals surface area contributed by atoms with Crippen LogP contribution in [0.4, 0.5) is 0 Å². The highest BCUT2D eigenvalue weighted by molar-refractivity contribution is 5.86. The second-order valence-corrected chi connectivity index (χ2v) is 5.71. The zero-order chi connectivity index (χ0) is 12.4. The zero-order valence-electron chi connectivity index (χ0n) is 10.2. The molecular formula is C12H20N2O2. The molecule has 90 valence electrons. The van der Waals surface area contributed by atoms with Crippen molar-refractivity contribution in [2.24, 2.45) is 16.7 Å². The molecular weight excluding hydrogens is 204 g/mol. The number of nitrogens with one attached hydrogen (secondary N) is 1. The molecule has 1 aliphatic rings. The van der Waals surface area contributed by atoms with Crippen LogP contribution < -0.4 is 5.32 Å². The van der Waals surface area contributed by atoms with Crippen LogP contribution in [0.25, 0.3) is 0 Å². The van der Waals surface area contributed by atoms with Gasteiger partial charge in [0, 0.05) is 18.6 Å². The summed E-state index contributed by atoms with van der Waals surface area (Å²) < 4.78 is 0. The van der Waals surface area contributed by atoms with Crippen LogP contribution in [-0.2, 0) is 4.79 Å². The molecule has 0 atom stereocenters. The van der Waals surface area contributed by atoms with Gasteiger partial charge in [-0.05, 0) is 18.8 Å². The Balaban J connectivity index is 2.50. The van der Waals surface area contributed by atoms with Crippen LogP contribution in [0.1, 0.15) is 33.6 Å². The van der Waals surface area contributed by atoms with Crippen LogP contribution in [0.2, 0.25) is 0 Å². The van der Waals surface area contributed by atoms with Gasteiger partial charge >= 0.3 is 0 Å². The van der Waals surface area contributed by atoms with Gasteiger partial charge in [0.15, 0.2) is 0 Å². The molecule has 0 unspecified atom stereocenters. The molecule has 4 heteroatoms. The minimum Gasteiger partial charge on any atom is -0.396 e. The van der Waals surface area contributed by atoms with Crippen molar-refractivity contribution in [1.29, 1.82) is 5.26 Å². The summed E-state index contributed by atoms with van der Waals surface area (Å²) in [6.07, 6.45) is 1.30. The van der Waals surface area contributed by atoms with E-state index in [4.69, 9.17) is 10.4 Å². The molecule has 4 nitrogen and oxygen atoms in total. The molecule has 0 aromatic carbocycles. The molecule has 0 aliphatic heterocycles. The number of rotatable bonds is 4. The van der Waals surface area contributed by atoms with E-state index in [0.29, 0.717) is 25.3 Å². The van der Waals surface area contributed by atoms with E-state index < -0.39 is 5.41 Å². The Hall–Kier alpha value is -1.08. The van der Waals surface area contributed by atoms with Crippen molar-refractivity contribution in [1.82, 2.24) is 5.32 Å². The third-order valence-electron chi connectivity index (χ3n) is 3.20. The standard InChI is InChI=1S/C12H20N2O2/c1-9-4-12(5-9,6-13)10(16)14-7-11(2,3)8-15/h9,15H,4-5,7-8H2,1-3H3,(H,14,16). The Bertz CT molecular complexity index is 311. The van der Waals surface area contributed by atoms with E-state index in [2.05, 4.69) is 11.4 Å². The van der Waals surface area contributed by atoms with E-state index in [9.17, 15) is 4.79 Å². The highest BCUT2D eigenvalue weighted by atomic mass is 16.3. The normalized spacial score (nSPS) is 29.1. The van der Waals surface area contributed by atoms with E-state index in [-0.39, 0.29) is 17.9 Å². The summed E-state index contributed by atoms with van der Waals surface area (Å²) >= 11 is 0. The lowest BCUT2D eigenvalue weighted by Crippen LogP contribution is -2.50. The predicted molar refractivity (Wildman–Crippen MR) is 60.3 cm³/mol. The van der Waals surface area contributed by atoms with Crippen LogP contribution in [0, 0.1) is 28.1 Å². The van der Waals surface area contributed by atoms with Crippen LogP contribution in [0.15, 0.2) is 0 Å². The first-order valence-electron chi connectivity index (χ1n) is 5.66. The number of carbonyl (C=O) groups excluding carboxylic acids is 1. The molecule has 1 fully saturated rings. The van der Waals surface area contributed by atoms with Crippen LogP contribution in [-0.4, -0.2) is 24.2 Å². The maximum Gasteiger partial charge on any atom is 0.240 e. The minimum atomic E-state index is -0.815. The molecule has 0 spiro atoms. The molecule has 16 heavy (non-hydrogen) atoms. The van der Waals surface area contributed by atoms with E-state index >= 15 is 0 Å². The van der Waals surface area contributed by atoms with Gasteiger partial charge in [-0.2, -0.15) is 5.26 Å². The van der Waals surface area contributed by atoms with Crippen molar-refractivity contribution in [3.63, 3.8) is 0 Å². The number of nitriles is 1. The van der Waals surface area contributed by atoms with Crippen molar-refractivity contribution in [2.75, 3.05) is 13.2 Å². The average Bonchev–Trinajstić information content (AvgIpc) is 2.21. The summed E-state index contributed by atoms with van der Waals surface area (Å²) in [5.41, 5.74) is -1.15. The third-order valence-corrected chi connectivity index (χ3v) is 3.20. The summed E-state index contributed by atoms with van der Waals surface area (Å²) in [5.74, 6) is 0.269. The molecule has 0 bridgehead atoms. The van der Waals surface area contributed by atoms with Gasteiger partial charge in [0.05, 0.1) is 6.07 Å². The average molecular weight is 224 g/mol. The van der Waals surface area contributed by atoms with Crippen LogP contribution in [0.3, 0.4) is 0 Å². The largest absolute Gasteiger partial charge is 0.396 e. The quantitative estimate of drug-likeness (QED) is 0.750. The number of nitrogens with zero attached hydrogens (tertiary/aromatic N) is 1. The SMILES string of the molecule is CC1CC(C#N)(C(=O)NCC(C)(C)CO)C1. The maximum atomic E-state index is 11.9. The number of amides is 1. The molecule has 0 radical (unpaired) electrons. The van der Waals surface area contributed by atoms with Crippen LogP contribution in [0.5, 0.6) is 0 Å². The van der Waals surface area contributed by atoms with E-state index in [1.165, 1.54) is 0 Å². The molecule has 1 saturated carbocycles. The van der Waals surface area contributed by atoms with Gasteiger partial charge in [-0.25, -0.2) is 0 Å². The molecule has 1 aliphatic carbocycles. The zero-order valence-corrected chi connectivity index (χ0v) is 10.2. The third kappa shape index (κ3) is 2.53. The predicted octanol–water partition coefficient (Wildman–Crippen LogP) is 1.06. The van der Waals surface area contributed by atoms with Crippen molar-refractivity contribution in [2.45, 2.75) is 33.6 Å². The van der Waals surface area contributed by atoms with Gasteiger partial charge in [0.1, 0.15) is 5.41 Å². The van der Waals surface area contributed by atoms with E-state index in [1.807, 2.05) is 20.8 Å². The monoisotopic (exact) mass is 224 g/mol. The highest BCUT2D eigenvalue weighted by Gasteiger charge is 2.48. The first-order valence-corrected chi connectivity index (χ1v) is 5.66. The number of carbonyl (C=O) groups is 1. The first kappa shape index (κ1) is 13.0. The smallest absolute Gasteiger partial charge is 0.240 e. The summed E-state index contributed by atoms with van der Waals surface area (Å²) in [5, 5.41) is 20.9. The Labute approximate surface area is 96.6 Å². The summed E-state index contributed by atoms with van der Waals surface area (Å²) in [7, 11) is 0. The second kappa shape index (κ2) is 4.42. The number of aliphatic hydroxyl groups excluding tert-OH is 1. The van der Waals surface area contributed by atoms with Gasteiger partial charge in [-0.1, -0.05) is 20.8 Å². The van der Waals surface area contributed by atoms with Crippen molar-refractivity contribution in [3.05, 3.63) is 0 Å². The fourth-order valence-electron chi connectivity index (χ4n) is 2.00. The Morgan fingerprint density at radius 1 is 1.62 bits per heavy atom. The van der Waals surface area contributed by atoms with Crippen molar-refractivity contribution < 1.29 is 9.90 Å². The lowest BCUT2D eigenvalue weighted by atomic mass is 9.63. The van der Waals surface area contributed by atoms with Gasteiger partial charge in [-0.15, -0.1) is 0 Å². The molecule has 0 heterocycles. The lowest BCUT2D eigenvalue weighted by molar-refractivity contribution is -0.134. The molecule has 1 rings (SSSR count). The summed E-state index contributed by atoms with van der Waals surface area (Å²) in [4.78, 5) is 11.9. The van der Waals surface area contributed by atoms with Crippen molar-refractivity contribution in [3.8, 4) is 6.07 Å². The minimum absolute atomic E-state index is 0.0171. The fraction of sp³-hybridized carbons (Fsp3) is 0.833. The summed E-state index contributed by atoms with van der Waals surface area (Å²) in [6, 6.07) is 2.12. The Morgan fingerprint density at radius 2 is 2.19 bits per heavy atom. The number of hydrogen-bond donors (Lipinski definition) is 2. The highest BCUT2D eigenvalue weighted by Crippen LogP contribution is 2.45. The lowest BCUT2D eigenvalue weighted by Gasteiger charge is -2.39. The maximum absolute atomic E-state index is 11.9. The second-order valence-electron chi connectivity index (χ2n) is 5.71. The van der Waals surface area contributed by atoms with Crippen LogP contribution >= 0.6 is 0 Å². The van der Waals surface area contributed by atoms with Gasteiger partial charge in [0.25, 0.3) is 0 Å². The van der Waals surface area contributed by atoms with Gasteiger partial charge in [0.2, 0.25) is 5.91 Å².